The van der Waals surface area contributed by atoms with Crippen molar-refractivity contribution in [2.75, 3.05) is 13.1 Å². The van der Waals surface area contributed by atoms with Gasteiger partial charge >= 0.3 is 0 Å². The lowest BCUT2D eigenvalue weighted by Gasteiger charge is -2.29. The van der Waals surface area contributed by atoms with Crippen molar-refractivity contribution >= 4 is 11.7 Å². The number of aromatic nitrogens is 2. The van der Waals surface area contributed by atoms with Crippen LogP contribution in [0, 0.1) is 0 Å². The molecule has 0 saturated carbocycles. The van der Waals surface area contributed by atoms with Crippen molar-refractivity contribution in [1.29, 1.82) is 0 Å². The van der Waals surface area contributed by atoms with Crippen molar-refractivity contribution in [1.82, 2.24) is 13.6 Å². The first-order chi connectivity index (χ1) is 6.34. The molecule has 4 nitrogen and oxygen atoms in total. The summed E-state index contributed by atoms with van der Waals surface area (Å²) < 4.78 is 8.09. The first-order valence-corrected chi connectivity index (χ1v) is 5.24. The van der Waals surface area contributed by atoms with Gasteiger partial charge in [-0.1, -0.05) is 0 Å². The molecule has 2 heterocycles. The summed E-state index contributed by atoms with van der Waals surface area (Å²) in [5, 5.41) is 9.43. The summed E-state index contributed by atoms with van der Waals surface area (Å²) >= 11 is 1.24. The maximum absolute atomic E-state index is 9.43. The molecule has 0 radical (unpaired) electrons. The van der Waals surface area contributed by atoms with E-state index in [4.69, 9.17) is 0 Å². The Morgan fingerprint density at radius 3 is 3.31 bits per heavy atom. The van der Waals surface area contributed by atoms with E-state index < -0.39 is 0 Å². The smallest absolute Gasteiger partial charge is 0.0883 e. The van der Waals surface area contributed by atoms with E-state index in [1.54, 1.807) is 6.20 Å². The average molecular weight is 199 g/mol. The molecule has 0 aromatic carbocycles. The third-order valence-corrected chi connectivity index (χ3v) is 2.79. The second-order valence-corrected chi connectivity index (χ2v) is 3.99. The molecule has 1 aromatic heterocycles. The van der Waals surface area contributed by atoms with Gasteiger partial charge in [0, 0.05) is 13.1 Å². The van der Waals surface area contributed by atoms with E-state index in [0.717, 1.165) is 38.2 Å². The minimum atomic E-state index is -0.152. The lowest BCUT2D eigenvalue weighted by atomic mass is 10.1. The quantitative estimate of drug-likeness (QED) is 0.753. The highest BCUT2D eigenvalue weighted by molar-refractivity contribution is 6.99. The van der Waals surface area contributed by atoms with Crippen LogP contribution in [0.5, 0.6) is 0 Å². The van der Waals surface area contributed by atoms with E-state index in [9.17, 15) is 5.11 Å². The number of hydrogen-bond donors (Lipinski definition) is 1. The van der Waals surface area contributed by atoms with E-state index in [1.807, 2.05) is 0 Å². The van der Waals surface area contributed by atoms with Crippen LogP contribution >= 0.6 is 11.7 Å². The van der Waals surface area contributed by atoms with E-state index in [2.05, 4.69) is 13.6 Å². The molecule has 1 N–H and O–H groups in total. The molecule has 1 saturated heterocycles. The standard InChI is InChI=1S/C8H13N3OS/c12-8-2-1-3-11(6-8)5-7-4-9-13-10-7/h4,8,12H,1-3,5-6H2. The molecule has 1 unspecified atom stereocenters. The zero-order valence-corrected chi connectivity index (χ0v) is 8.20. The van der Waals surface area contributed by atoms with Crippen LogP contribution in [0.4, 0.5) is 0 Å². The highest BCUT2D eigenvalue weighted by Gasteiger charge is 2.17. The van der Waals surface area contributed by atoms with Gasteiger partial charge in [-0.2, -0.15) is 8.75 Å². The van der Waals surface area contributed by atoms with Gasteiger partial charge in [0.05, 0.1) is 29.7 Å². The minimum absolute atomic E-state index is 0.152. The lowest BCUT2D eigenvalue weighted by molar-refractivity contribution is 0.0663. The minimum Gasteiger partial charge on any atom is -0.392 e. The normalized spacial score (nSPS) is 24.8. The summed E-state index contributed by atoms with van der Waals surface area (Å²) in [7, 11) is 0. The second kappa shape index (κ2) is 4.13. The van der Waals surface area contributed by atoms with Crippen molar-refractivity contribution in [3.8, 4) is 0 Å². The van der Waals surface area contributed by atoms with Gasteiger partial charge in [0.15, 0.2) is 0 Å². The van der Waals surface area contributed by atoms with Crippen molar-refractivity contribution in [3.63, 3.8) is 0 Å². The van der Waals surface area contributed by atoms with Crippen LogP contribution in [-0.2, 0) is 6.54 Å². The van der Waals surface area contributed by atoms with Crippen LogP contribution in [0.15, 0.2) is 6.20 Å². The van der Waals surface area contributed by atoms with Crippen molar-refractivity contribution < 1.29 is 5.11 Å². The Morgan fingerprint density at radius 1 is 1.69 bits per heavy atom. The number of hydrogen-bond acceptors (Lipinski definition) is 5. The summed E-state index contributed by atoms with van der Waals surface area (Å²) in [6.07, 6.45) is 3.66. The number of likely N-dealkylation sites (tertiary alicyclic amines) is 1. The second-order valence-electron chi connectivity index (χ2n) is 3.43. The summed E-state index contributed by atoms with van der Waals surface area (Å²) in [6.45, 7) is 2.67. The van der Waals surface area contributed by atoms with E-state index in [1.165, 1.54) is 11.7 Å². The molecule has 0 bridgehead atoms. The Morgan fingerprint density at radius 2 is 2.62 bits per heavy atom. The van der Waals surface area contributed by atoms with Gasteiger partial charge in [0.2, 0.25) is 0 Å². The molecule has 1 aromatic rings. The molecule has 5 heteroatoms. The molecule has 0 aliphatic carbocycles. The van der Waals surface area contributed by atoms with Crippen molar-refractivity contribution in [2.45, 2.75) is 25.5 Å². The van der Waals surface area contributed by atoms with E-state index in [-0.39, 0.29) is 6.10 Å². The van der Waals surface area contributed by atoms with Gasteiger partial charge in [0.1, 0.15) is 0 Å². The summed E-state index contributed by atoms with van der Waals surface area (Å²) in [5.74, 6) is 0. The van der Waals surface area contributed by atoms with Gasteiger partial charge < -0.3 is 5.11 Å². The van der Waals surface area contributed by atoms with Crippen LogP contribution in [0.1, 0.15) is 18.5 Å². The highest BCUT2D eigenvalue weighted by Crippen LogP contribution is 2.12. The van der Waals surface area contributed by atoms with Gasteiger partial charge in [-0.3, -0.25) is 4.90 Å². The maximum Gasteiger partial charge on any atom is 0.0883 e. The number of β-amino-alcohol motifs (C(OH)–C–C–N with tert-alkyl or cyclic N) is 1. The third-order valence-electron chi connectivity index (χ3n) is 2.27. The Balaban J connectivity index is 1.87. The first kappa shape index (κ1) is 9.05. The van der Waals surface area contributed by atoms with Crippen molar-refractivity contribution in [2.24, 2.45) is 0 Å². The maximum atomic E-state index is 9.43. The zero-order valence-electron chi connectivity index (χ0n) is 7.39. The lowest BCUT2D eigenvalue weighted by Crippen LogP contribution is -2.37. The Kier molecular flexibility index (Phi) is 2.87. The number of aliphatic hydroxyl groups excluding tert-OH is 1. The predicted octanol–water partition coefficient (Wildman–Crippen LogP) is 0.495. The van der Waals surface area contributed by atoms with Gasteiger partial charge in [-0.05, 0) is 19.4 Å². The van der Waals surface area contributed by atoms with E-state index in [0.29, 0.717) is 0 Å². The number of piperidine rings is 1. The molecular weight excluding hydrogens is 186 g/mol. The van der Waals surface area contributed by atoms with Crippen LogP contribution in [0.2, 0.25) is 0 Å². The number of nitrogens with zero attached hydrogens (tertiary/aromatic N) is 3. The SMILES string of the molecule is OC1CCCN(Cc2cnsn2)C1. The molecule has 1 aliphatic rings. The van der Waals surface area contributed by atoms with E-state index >= 15 is 0 Å². The van der Waals surface area contributed by atoms with Crippen LogP contribution in [0.3, 0.4) is 0 Å². The van der Waals surface area contributed by atoms with Crippen LogP contribution in [0.25, 0.3) is 0 Å². The fraction of sp³-hybridized carbons (Fsp3) is 0.750. The first-order valence-electron chi connectivity index (χ1n) is 4.51. The number of rotatable bonds is 2. The van der Waals surface area contributed by atoms with Gasteiger partial charge in [-0.25, -0.2) is 0 Å². The third kappa shape index (κ3) is 2.46. The number of aliphatic hydroxyl groups is 1. The molecule has 0 spiro atoms. The van der Waals surface area contributed by atoms with Gasteiger partial charge in [0.25, 0.3) is 0 Å². The summed E-state index contributed by atoms with van der Waals surface area (Å²) in [4.78, 5) is 2.23. The van der Waals surface area contributed by atoms with Crippen molar-refractivity contribution in [3.05, 3.63) is 11.9 Å². The molecule has 13 heavy (non-hydrogen) atoms. The summed E-state index contributed by atoms with van der Waals surface area (Å²) in [6, 6.07) is 0. The Bertz CT molecular complexity index is 252. The Labute approximate surface area is 81.5 Å². The molecular formula is C8H13N3OS. The molecule has 1 atom stereocenters. The fourth-order valence-electron chi connectivity index (χ4n) is 1.66. The largest absolute Gasteiger partial charge is 0.392 e. The molecule has 1 aliphatic heterocycles. The molecule has 72 valence electrons. The summed E-state index contributed by atoms with van der Waals surface area (Å²) in [5.41, 5.74) is 1.01. The predicted molar refractivity (Wildman–Crippen MR) is 50.4 cm³/mol. The topological polar surface area (TPSA) is 49.2 Å². The molecule has 0 amide bonds. The highest BCUT2D eigenvalue weighted by atomic mass is 32.1. The van der Waals surface area contributed by atoms with Gasteiger partial charge in [-0.15, -0.1) is 0 Å². The van der Waals surface area contributed by atoms with Crippen LogP contribution in [-0.4, -0.2) is 37.9 Å². The fourth-order valence-corrected chi connectivity index (χ4v) is 2.08. The molecule has 1 fully saturated rings. The monoisotopic (exact) mass is 199 g/mol. The average Bonchev–Trinajstić information content (AvgIpc) is 2.57. The Hall–Kier alpha value is -0.520. The zero-order chi connectivity index (χ0) is 9.10. The molecule has 2 rings (SSSR count). The van der Waals surface area contributed by atoms with Crippen LogP contribution < -0.4 is 0 Å².